The zero-order valence-corrected chi connectivity index (χ0v) is 12.1. The van der Waals surface area contributed by atoms with Crippen LogP contribution in [0.15, 0.2) is 35.1 Å². The van der Waals surface area contributed by atoms with E-state index in [9.17, 15) is 4.79 Å². The first-order valence-electron chi connectivity index (χ1n) is 6.83. The third kappa shape index (κ3) is 3.25. The van der Waals surface area contributed by atoms with Crippen LogP contribution >= 0.6 is 11.6 Å². The minimum absolute atomic E-state index is 0.0930. The third-order valence-corrected chi connectivity index (χ3v) is 3.62. The minimum atomic E-state index is -0.269. The molecule has 2 heterocycles. The summed E-state index contributed by atoms with van der Waals surface area (Å²) < 4.78 is 10.8. The van der Waals surface area contributed by atoms with E-state index in [0.717, 1.165) is 25.0 Å². The van der Waals surface area contributed by atoms with E-state index < -0.39 is 0 Å². The molecule has 1 saturated heterocycles. The molecule has 2 aromatic rings. The number of rotatable bonds is 4. The molecule has 21 heavy (non-hydrogen) atoms. The van der Waals surface area contributed by atoms with Crippen molar-refractivity contribution in [2.45, 2.75) is 18.9 Å². The van der Waals surface area contributed by atoms with Crippen LogP contribution in [-0.2, 0) is 4.74 Å². The van der Waals surface area contributed by atoms with E-state index >= 15 is 0 Å². The SMILES string of the molecule is O=C(NCC1CCCO1)c1ncoc1-c1cccc(Cl)c1. The molecule has 5 nitrogen and oxygen atoms in total. The van der Waals surface area contributed by atoms with Gasteiger partial charge in [-0.1, -0.05) is 23.7 Å². The Labute approximate surface area is 127 Å². The molecular formula is C15H15ClN2O3. The van der Waals surface area contributed by atoms with Gasteiger partial charge in [0.2, 0.25) is 0 Å². The van der Waals surface area contributed by atoms with Crippen molar-refractivity contribution in [2.75, 3.05) is 13.2 Å². The Morgan fingerprint density at radius 2 is 2.38 bits per heavy atom. The fraction of sp³-hybridized carbons (Fsp3) is 0.333. The fourth-order valence-corrected chi connectivity index (χ4v) is 2.53. The Hall–Kier alpha value is -1.85. The molecule has 110 valence electrons. The van der Waals surface area contributed by atoms with Crippen LogP contribution in [0.4, 0.5) is 0 Å². The Morgan fingerprint density at radius 3 is 3.14 bits per heavy atom. The van der Waals surface area contributed by atoms with Crippen molar-refractivity contribution < 1.29 is 13.9 Å². The van der Waals surface area contributed by atoms with Crippen LogP contribution in [0.1, 0.15) is 23.3 Å². The third-order valence-electron chi connectivity index (χ3n) is 3.38. The van der Waals surface area contributed by atoms with Gasteiger partial charge in [0.25, 0.3) is 5.91 Å². The van der Waals surface area contributed by atoms with Crippen molar-refractivity contribution in [2.24, 2.45) is 0 Å². The summed E-state index contributed by atoms with van der Waals surface area (Å²) in [4.78, 5) is 16.2. The molecule has 1 fully saturated rings. The van der Waals surface area contributed by atoms with Crippen LogP contribution in [0.2, 0.25) is 5.02 Å². The minimum Gasteiger partial charge on any atom is -0.443 e. The normalized spacial score (nSPS) is 17.9. The van der Waals surface area contributed by atoms with Gasteiger partial charge in [-0.15, -0.1) is 0 Å². The summed E-state index contributed by atoms with van der Waals surface area (Å²) >= 11 is 5.96. The number of carbonyl (C=O) groups is 1. The molecule has 0 saturated carbocycles. The quantitative estimate of drug-likeness (QED) is 0.943. The van der Waals surface area contributed by atoms with Crippen LogP contribution in [-0.4, -0.2) is 30.1 Å². The molecule has 1 atom stereocenters. The van der Waals surface area contributed by atoms with Gasteiger partial charge in [-0.25, -0.2) is 4.98 Å². The summed E-state index contributed by atoms with van der Waals surface area (Å²) in [6.07, 6.45) is 3.37. The van der Waals surface area contributed by atoms with Crippen LogP contribution < -0.4 is 5.32 Å². The van der Waals surface area contributed by atoms with E-state index in [4.69, 9.17) is 20.8 Å². The van der Waals surface area contributed by atoms with Gasteiger partial charge in [0.1, 0.15) is 0 Å². The van der Waals surface area contributed by atoms with Gasteiger partial charge in [-0.05, 0) is 25.0 Å². The topological polar surface area (TPSA) is 64.4 Å². The first-order valence-corrected chi connectivity index (χ1v) is 7.21. The molecule has 1 amide bonds. The summed E-state index contributed by atoms with van der Waals surface area (Å²) in [5.41, 5.74) is 0.984. The summed E-state index contributed by atoms with van der Waals surface area (Å²) in [6.45, 7) is 1.25. The van der Waals surface area contributed by atoms with Crippen molar-refractivity contribution in [3.8, 4) is 11.3 Å². The molecule has 6 heteroatoms. The molecule has 0 spiro atoms. The molecule has 1 aromatic heterocycles. The maximum atomic E-state index is 12.2. The van der Waals surface area contributed by atoms with Crippen molar-refractivity contribution in [1.82, 2.24) is 10.3 Å². The maximum absolute atomic E-state index is 12.2. The molecule has 0 bridgehead atoms. The number of hydrogen-bond acceptors (Lipinski definition) is 4. The van der Waals surface area contributed by atoms with Gasteiger partial charge in [0, 0.05) is 23.7 Å². The number of aromatic nitrogens is 1. The Kier molecular flexibility index (Phi) is 4.22. The van der Waals surface area contributed by atoms with Crippen LogP contribution in [0.25, 0.3) is 11.3 Å². The summed E-state index contributed by atoms with van der Waals surface area (Å²) in [5.74, 6) is 0.150. The monoisotopic (exact) mass is 306 g/mol. The van der Waals surface area contributed by atoms with Crippen LogP contribution in [0, 0.1) is 0 Å². The van der Waals surface area contributed by atoms with Gasteiger partial charge >= 0.3 is 0 Å². The van der Waals surface area contributed by atoms with Gasteiger partial charge in [0.15, 0.2) is 17.8 Å². The Bertz CT molecular complexity index is 635. The van der Waals surface area contributed by atoms with Crippen molar-refractivity contribution in [3.63, 3.8) is 0 Å². The predicted octanol–water partition coefficient (Wildman–Crippen LogP) is 2.90. The van der Waals surface area contributed by atoms with Crippen molar-refractivity contribution in [3.05, 3.63) is 41.4 Å². The number of amides is 1. The highest BCUT2D eigenvalue weighted by molar-refractivity contribution is 6.30. The molecular weight excluding hydrogens is 292 g/mol. The average Bonchev–Trinajstić information content (AvgIpc) is 3.16. The lowest BCUT2D eigenvalue weighted by Gasteiger charge is -2.10. The summed E-state index contributed by atoms with van der Waals surface area (Å²) in [5, 5.41) is 3.41. The zero-order chi connectivity index (χ0) is 14.7. The highest BCUT2D eigenvalue weighted by atomic mass is 35.5. The maximum Gasteiger partial charge on any atom is 0.274 e. The summed E-state index contributed by atoms with van der Waals surface area (Å²) in [7, 11) is 0. The number of carbonyl (C=O) groups excluding carboxylic acids is 1. The second-order valence-electron chi connectivity index (χ2n) is 4.89. The number of halogens is 1. The fourth-order valence-electron chi connectivity index (χ4n) is 2.34. The van der Waals surface area contributed by atoms with Crippen LogP contribution in [0.5, 0.6) is 0 Å². The second kappa shape index (κ2) is 6.28. The molecule has 1 aliphatic heterocycles. The lowest BCUT2D eigenvalue weighted by atomic mass is 10.1. The molecule has 0 aliphatic carbocycles. The molecule has 1 aliphatic rings. The molecule has 1 N–H and O–H groups in total. The van der Waals surface area contributed by atoms with E-state index in [1.807, 2.05) is 6.07 Å². The first kappa shape index (κ1) is 14.1. The largest absolute Gasteiger partial charge is 0.443 e. The molecule has 1 aromatic carbocycles. The Morgan fingerprint density at radius 1 is 1.48 bits per heavy atom. The number of nitrogens with zero attached hydrogens (tertiary/aromatic N) is 1. The standard InChI is InChI=1S/C15H15ClN2O3/c16-11-4-1-3-10(7-11)14-13(18-9-21-14)15(19)17-8-12-5-2-6-20-12/h1,3-4,7,9,12H,2,5-6,8H2,(H,17,19). The molecule has 1 unspecified atom stereocenters. The van der Waals surface area contributed by atoms with Crippen LogP contribution in [0.3, 0.4) is 0 Å². The highest BCUT2D eigenvalue weighted by Crippen LogP contribution is 2.25. The number of ether oxygens (including phenoxy) is 1. The highest BCUT2D eigenvalue weighted by Gasteiger charge is 2.21. The lowest BCUT2D eigenvalue weighted by Crippen LogP contribution is -2.32. The number of benzene rings is 1. The molecule has 0 radical (unpaired) electrons. The number of nitrogens with one attached hydrogen (secondary N) is 1. The van der Waals surface area contributed by atoms with E-state index in [1.165, 1.54) is 6.39 Å². The van der Waals surface area contributed by atoms with Crippen molar-refractivity contribution >= 4 is 17.5 Å². The van der Waals surface area contributed by atoms with Gasteiger partial charge in [-0.3, -0.25) is 4.79 Å². The second-order valence-corrected chi connectivity index (χ2v) is 5.32. The summed E-state index contributed by atoms with van der Waals surface area (Å²) in [6, 6.07) is 7.12. The van der Waals surface area contributed by atoms with E-state index in [2.05, 4.69) is 10.3 Å². The number of hydrogen-bond donors (Lipinski definition) is 1. The van der Waals surface area contributed by atoms with E-state index in [-0.39, 0.29) is 17.7 Å². The number of oxazole rings is 1. The van der Waals surface area contributed by atoms with E-state index in [1.54, 1.807) is 18.2 Å². The van der Waals surface area contributed by atoms with Crippen molar-refractivity contribution in [1.29, 1.82) is 0 Å². The first-order chi connectivity index (χ1) is 10.2. The smallest absolute Gasteiger partial charge is 0.274 e. The van der Waals surface area contributed by atoms with E-state index in [0.29, 0.717) is 17.3 Å². The van der Waals surface area contributed by atoms with Gasteiger partial charge < -0.3 is 14.5 Å². The zero-order valence-electron chi connectivity index (χ0n) is 11.3. The predicted molar refractivity (Wildman–Crippen MR) is 78.3 cm³/mol. The van der Waals surface area contributed by atoms with Gasteiger partial charge in [-0.2, -0.15) is 0 Å². The lowest BCUT2D eigenvalue weighted by molar-refractivity contribution is 0.0854. The molecule has 3 rings (SSSR count). The Balaban J connectivity index is 1.73. The van der Waals surface area contributed by atoms with Gasteiger partial charge in [0.05, 0.1) is 6.10 Å². The average molecular weight is 307 g/mol.